The van der Waals surface area contributed by atoms with Gasteiger partial charge in [-0.25, -0.2) is 8.78 Å². The van der Waals surface area contributed by atoms with Crippen LogP contribution in [0.5, 0.6) is 5.75 Å². The standard InChI is InChI=1S/C6H2Cl2F2O/c7-2-1-3(11)4(8)6(10)5(2)9/h1,11H. The van der Waals surface area contributed by atoms with Crippen LogP contribution in [0, 0.1) is 11.6 Å². The largest absolute Gasteiger partial charge is 0.506 e. The van der Waals surface area contributed by atoms with E-state index in [9.17, 15) is 8.78 Å². The van der Waals surface area contributed by atoms with Gasteiger partial charge in [0.1, 0.15) is 10.8 Å². The molecule has 0 heterocycles. The lowest BCUT2D eigenvalue weighted by Gasteiger charge is -2.00. The van der Waals surface area contributed by atoms with Gasteiger partial charge in [0.05, 0.1) is 5.02 Å². The Kier molecular flexibility index (Phi) is 2.20. The van der Waals surface area contributed by atoms with Gasteiger partial charge in [0.2, 0.25) is 0 Å². The van der Waals surface area contributed by atoms with Gasteiger partial charge in [-0.05, 0) is 0 Å². The second-order valence-electron chi connectivity index (χ2n) is 1.82. The van der Waals surface area contributed by atoms with E-state index in [4.69, 9.17) is 28.3 Å². The third kappa shape index (κ3) is 1.39. The van der Waals surface area contributed by atoms with Crippen LogP contribution in [0.15, 0.2) is 6.07 Å². The van der Waals surface area contributed by atoms with Crippen molar-refractivity contribution in [2.45, 2.75) is 0 Å². The quantitative estimate of drug-likeness (QED) is 0.502. The third-order valence-corrected chi connectivity index (χ3v) is 1.72. The fraction of sp³-hybridized carbons (Fsp3) is 0. The highest BCUT2D eigenvalue weighted by Crippen LogP contribution is 2.32. The Labute approximate surface area is 71.2 Å². The summed E-state index contributed by atoms with van der Waals surface area (Å²) in [5.41, 5.74) is 0. The molecule has 5 heteroatoms. The molecule has 1 aromatic rings. The fourth-order valence-electron chi connectivity index (χ4n) is 0.560. The number of phenolic OH excluding ortho intramolecular Hbond substituents is 1. The molecule has 1 nitrogen and oxygen atoms in total. The van der Waals surface area contributed by atoms with Crippen molar-refractivity contribution in [3.8, 4) is 5.75 Å². The molecule has 0 aliphatic rings. The van der Waals surface area contributed by atoms with Gasteiger partial charge in [0.25, 0.3) is 0 Å². The van der Waals surface area contributed by atoms with E-state index in [0.29, 0.717) is 0 Å². The second kappa shape index (κ2) is 2.83. The third-order valence-electron chi connectivity index (χ3n) is 1.08. The number of rotatable bonds is 0. The van der Waals surface area contributed by atoms with Crippen LogP contribution < -0.4 is 0 Å². The fourth-order valence-corrected chi connectivity index (χ4v) is 0.884. The molecular weight excluding hydrogens is 197 g/mol. The Bertz CT molecular complexity index is 275. The van der Waals surface area contributed by atoms with Crippen molar-refractivity contribution in [1.82, 2.24) is 0 Å². The van der Waals surface area contributed by atoms with E-state index in [-0.39, 0.29) is 0 Å². The summed E-state index contributed by atoms with van der Waals surface area (Å²) in [6.45, 7) is 0. The molecule has 0 radical (unpaired) electrons. The molecular formula is C6H2Cl2F2O. The summed E-state index contributed by atoms with van der Waals surface area (Å²) in [6, 6.07) is 0.836. The van der Waals surface area contributed by atoms with Crippen molar-refractivity contribution in [3.63, 3.8) is 0 Å². The lowest BCUT2D eigenvalue weighted by Crippen LogP contribution is -1.86. The summed E-state index contributed by atoms with van der Waals surface area (Å²) in [7, 11) is 0. The summed E-state index contributed by atoms with van der Waals surface area (Å²) < 4.78 is 25.0. The van der Waals surface area contributed by atoms with Crippen LogP contribution in [0.2, 0.25) is 10.0 Å². The van der Waals surface area contributed by atoms with Crippen LogP contribution in [0.1, 0.15) is 0 Å². The first-order chi connectivity index (χ1) is 5.04. The molecule has 1 N–H and O–H groups in total. The molecule has 0 bridgehead atoms. The summed E-state index contributed by atoms with van der Waals surface area (Å²) in [6.07, 6.45) is 0. The SMILES string of the molecule is Oc1cc(Cl)c(F)c(F)c1Cl. The summed E-state index contributed by atoms with van der Waals surface area (Å²) in [4.78, 5) is 0. The summed E-state index contributed by atoms with van der Waals surface area (Å²) >= 11 is 10.3. The molecule has 0 saturated heterocycles. The molecule has 0 atom stereocenters. The van der Waals surface area contributed by atoms with Crippen molar-refractivity contribution in [1.29, 1.82) is 0 Å². The summed E-state index contributed by atoms with van der Waals surface area (Å²) in [5.74, 6) is -3.17. The van der Waals surface area contributed by atoms with E-state index >= 15 is 0 Å². The maximum absolute atomic E-state index is 12.5. The minimum atomic E-state index is -1.34. The molecule has 0 fully saturated rings. The molecule has 0 amide bonds. The molecule has 60 valence electrons. The average Bonchev–Trinajstić information content (AvgIpc) is 1.97. The van der Waals surface area contributed by atoms with Crippen LogP contribution >= 0.6 is 23.2 Å². The first-order valence-electron chi connectivity index (χ1n) is 2.56. The van der Waals surface area contributed by atoms with Crippen molar-refractivity contribution in [2.75, 3.05) is 0 Å². The van der Waals surface area contributed by atoms with Crippen molar-refractivity contribution in [2.24, 2.45) is 0 Å². The molecule has 0 aliphatic carbocycles. The molecule has 11 heavy (non-hydrogen) atoms. The van der Waals surface area contributed by atoms with Gasteiger partial charge in [-0.1, -0.05) is 23.2 Å². The second-order valence-corrected chi connectivity index (χ2v) is 2.60. The lowest BCUT2D eigenvalue weighted by molar-refractivity contribution is 0.455. The highest BCUT2D eigenvalue weighted by atomic mass is 35.5. The molecule has 0 saturated carbocycles. The zero-order valence-electron chi connectivity index (χ0n) is 5.04. The predicted octanol–water partition coefficient (Wildman–Crippen LogP) is 2.98. The zero-order chi connectivity index (χ0) is 8.59. The van der Waals surface area contributed by atoms with E-state index in [1.807, 2.05) is 0 Å². The molecule has 0 aliphatic heterocycles. The van der Waals surface area contributed by atoms with E-state index in [1.165, 1.54) is 0 Å². The normalized spacial score (nSPS) is 10.2. The van der Waals surface area contributed by atoms with Gasteiger partial charge in [-0.15, -0.1) is 0 Å². The number of benzene rings is 1. The summed E-state index contributed by atoms with van der Waals surface area (Å²) in [5, 5.41) is 7.63. The van der Waals surface area contributed by atoms with E-state index < -0.39 is 27.4 Å². The zero-order valence-corrected chi connectivity index (χ0v) is 6.55. The molecule has 1 aromatic carbocycles. The van der Waals surface area contributed by atoms with Gasteiger partial charge in [0.15, 0.2) is 11.6 Å². The Morgan fingerprint density at radius 3 is 2.27 bits per heavy atom. The van der Waals surface area contributed by atoms with E-state index in [1.54, 1.807) is 0 Å². The van der Waals surface area contributed by atoms with Gasteiger partial charge in [0, 0.05) is 6.07 Å². The Hall–Kier alpha value is -0.540. The number of hydrogen-bond acceptors (Lipinski definition) is 1. The van der Waals surface area contributed by atoms with Crippen LogP contribution in [0.3, 0.4) is 0 Å². The minimum absolute atomic E-state index is 0.496. The maximum atomic E-state index is 12.5. The van der Waals surface area contributed by atoms with Crippen molar-refractivity contribution >= 4 is 23.2 Å². The van der Waals surface area contributed by atoms with Gasteiger partial charge in [-0.3, -0.25) is 0 Å². The topological polar surface area (TPSA) is 20.2 Å². The molecule has 1 rings (SSSR count). The Morgan fingerprint density at radius 2 is 1.73 bits per heavy atom. The average molecular weight is 199 g/mol. The van der Waals surface area contributed by atoms with Crippen LogP contribution in [-0.2, 0) is 0 Å². The smallest absolute Gasteiger partial charge is 0.182 e. The first-order valence-corrected chi connectivity index (χ1v) is 3.31. The van der Waals surface area contributed by atoms with Gasteiger partial charge in [-0.2, -0.15) is 0 Å². The number of phenols is 1. The Morgan fingerprint density at radius 1 is 1.18 bits per heavy atom. The van der Waals surface area contributed by atoms with Crippen molar-refractivity contribution < 1.29 is 13.9 Å². The monoisotopic (exact) mass is 198 g/mol. The van der Waals surface area contributed by atoms with Crippen molar-refractivity contribution in [3.05, 3.63) is 27.7 Å². The predicted molar refractivity (Wildman–Crippen MR) is 38.0 cm³/mol. The maximum Gasteiger partial charge on any atom is 0.182 e. The highest BCUT2D eigenvalue weighted by Gasteiger charge is 2.14. The molecule has 0 spiro atoms. The molecule has 0 unspecified atom stereocenters. The van der Waals surface area contributed by atoms with E-state index in [0.717, 1.165) is 6.07 Å². The Balaban J connectivity index is 3.46. The number of aromatic hydroxyl groups is 1. The van der Waals surface area contributed by atoms with E-state index in [2.05, 4.69) is 0 Å². The van der Waals surface area contributed by atoms with Gasteiger partial charge >= 0.3 is 0 Å². The van der Waals surface area contributed by atoms with Crippen LogP contribution in [0.25, 0.3) is 0 Å². The molecule has 0 aromatic heterocycles. The minimum Gasteiger partial charge on any atom is -0.506 e. The lowest BCUT2D eigenvalue weighted by atomic mass is 10.3. The highest BCUT2D eigenvalue weighted by molar-refractivity contribution is 6.34. The number of hydrogen-bond donors (Lipinski definition) is 1. The van der Waals surface area contributed by atoms with Crippen LogP contribution in [-0.4, -0.2) is 5.11 Å². The number of halogens is 4. The van der Waals surface area contributed by atoms with Gasteiger partial charge < -0.3 is 5.11 Å². The van der Waals surface area contributed by atoms with Crippen LogP contribution in [0.4, 0.5) is 8.78 Å². The first kappa shape index (κ1) is 8.56.